The third kappa shape index (κ3) is 4.52. The van der Waals surface area contributed by atoms with Crippen LogP contribution in [-0.4, -0.2) is 17.7 Å². The monoisotopic (exact) mass is 224 g/mol. The Morgan fingerprint density at radius 2 is 2.12 bits per heavy atom. The number of hydrogen-bond donors (Lipinski definition) is 1. The topological polar surface area (TPSA) is 62.1 Å². The first-order chi connectivity index (χ1) is 7.40. The average Bonchev–Trinajstić information content (AvgIpc) is 2.15. The van der Waals surface area contributed by atoms with Crippen molar-refractivity contribution in [2.75, 3.05) is 0 Å². The van der Waals surface area contributed by atoms with Crippen molar-refractivity contribution in [3.63, 3.8) is 0 Å². The van der Waals surface area contributed by atoms with Crippen LogP contribution >= 0.6 is 0 Å². The van der Waals surface area contributed by atoms with Crippen LogP contribution in [0.4, 0.5) is 4.79 Å². The Morgan fingerprint density at radius 3 is 2.69 bits per heavy atom. The maximum absolute atomic E-state index is 11.5. The molecule has 0 aromatic rings. The Balaban J connectivity index is 2.37. The number of rotatable bonds is 1. The minimum atomic E-state index is -0.379. The van der Waals surface area contributed by atoms with Gasteiger partial charge < -0.3 is 10.1 Å². The van der Waals surface area contributed by atoms with E-state index in [4.69, 9.17) is 10.00 Å². The molecule has 90 valence electrons. The summed E-state index contributed by atoms with van der Waals surface area (Å²) >= 11 is 0. The summed E-state index contributed by atoms with van der Waals surface area (Å²) < 4.78 is 5.30. The lowest BCUT2D eigenvalue weighted by Gasteiger charge is -2.27. The van der Waals surface area contributed by atoms with E-state index in [2.05, 4.69) is 11.4 Å². The fourth-order valence-corrected chi connectivity index (χ4v) is 1.86. The number of carbonyl (C=O) groups is 1. The first-order valence-corrected chi connectivity index (χ1v) is 5.79. The van der Waals surface area contributed by atoms with E-state index < -0.39 is 0 Å². The SMILES string of the molecule is CC(C)(C)NC(=O)OC1CCCC(C#N)C1. The van der Waals surface area contributed by atoms with Crippen LogP contribution in [0.1, 0.15) is 46.5 Å². The summed E-state index contributed by atoms with van der Waals surface area (Å²) in [6.45, 7) is 5.73. The van der Waals surface area contributed by atoms with E-state index in [1.54, 1.807) is 0 Å². The van der Waals surface area contributed by atoms with Crippen LogP contribution in [0.2, 0.25) is 0 Å². The maximum Gasteiger partial charge on any atom is 0.407 e. The standard InChI is InChI=1S/C12H20N2O2/c1-12(2,3)14-11(15)16-10-6-4-5-9(7-10)8-13/h9-10H,4-7H2,1-3H3,(H,14,15). The molecule has 2 atom stereocenters. The second-order valence-corrected chi connectivity index (χ2v) is 5.39. The van der Waals surface area contributed by atoms with Crippen molar-refractivity contribution >= 4 is 6.09 Å². The largest absolute Gasteiger partial charge is 0.446 e. The second-order valence-electron chi connectivity index (χ2n) is 5.39. The third-order valence-corrected chi connectivity index (χ3v) is 2.56. The number of nitriles is 1. The van der Waals surface area contributed by atoms with Gasteiger partial charge in [0.2, 0.25) is 0 Å². The number of amides is 1. The van der Waals surface area contributed by atoms with Gasteiger partial charge in [0.15, 0.2) is 0 Å². The van der Waals surface area contributed by atoms with Crippen LogP contribution in [0.25, 0.3) is 0 Å². The quantitative estimate of drug-likeness (QED) is 0.744. The van der Waals surface area contributed by atoms with Gasteiger partial charge >= 0.3 is 6.09 Å². The minimum absolute atomic E-state index is 0.0428. The van der Waals surface area contributed by atoms with Crippen molar-refractivity contribution in [3.05, 3.63) is 0 Å². The summed E-state index contributed by atoms with van der Waals surface area (Å²) in [5.41, 5.74) is -0.277. The van der Waals surface area contributed by atoms with Crippen LogP contribution in [-0.2, 0) is 4.74 Å². The van der Waals surface area contributed by atoms with E-state index in [0.717, 1.165) is 19.3 Å². The first-order valence-electron chi connectivity index (χ1n) is 5.79. The maximum atomic E-state index is 11.5. The van der Waals surface area contributed by atoms with Gasteiger partial charge in [0, 0.05) is 17.9 Å². The molecule has 4 nitrogen and oxygen atoms in total. The van der Waals surface area contributed by atoms with Crippen LogP contribution in [0.5, 0.6) is 0 Å². The zero-order valence-corrected chi connectivity index (χ0v) is 10.2. The first kappa shape index (κ1) is 12.8. The van der Waals surface area contributed by atoms with Gasteiger partial charge in [0.1, 0.15) is 6.10 Å². The minimum Gasteiger partial charge on any atom is -0.446 e. The van der Waals surface area contributed by atoms with Crippen molar-refractivity contribution in [2.24, 2.45) is 5.92 Å². The number of ether oxygens (including phenoxy) is 1. The Bertz CT molecular complexity index is 288. The lowest BCUT2D eigenvalue weighted by atomic mass is 9.88. The van der Waals surface area contributed by atoms with E-state index in [-0.39, 0.29) is 23.7 Å². The normalized spacial score (nSPS) is 25.6. The highest BCUT2D eigenvalue weighted by Crippen LogP contribution is 2.25. The van der Waals surface area contributed by atoms with Crippen molar-refractivity contribution in [2.45, 2.75) is 58.1 Å². The molecule has 0 saturated heterocycles. The molecule has 0 heterocycles. The fraction of sp³-hybridized carbons (Fsp3) is 0.833. The smallest absolute Gasteiger partial charge is 0.407 e. The van der Waals surface area contributed by atoms with E-state index in [9.17, 15) is 4.79 Å². The lowest BCUT2D eigenvalue weighted by molar-refractivity contribution is 0.0624. The lowest BCUT2D eigenvalue weighted by Crippen LogP contribution is -2.42. The van der Waals surface area contributed by atoms with Gasteiger partial charge in [-0.2, -0.15) is 5.26 Å². The summed E-state index contributed by atoms with van der Waals surface area (Å²) in [6.07, 6.45) is 2.96. The van der Waals surface area contributed by atoms with Crippen LogP contribution in [0, 0.1) is 17.2 Å². The summed E-state index contributed by atoms with van der Waals surface area (Å²) in [6, 6.07) is 2.24. The average molecular weight is 224 g/mol. The molecule has 0 aliphatic heterocycles. The number of hydrogen-bond acceptors (Lipinski definition) is 3. The summed E-state index contributed by atoms with van der Waals surface area (Å²) in [5, 5.41) is 11.6. The van der Waals surface area contributed by atoms with Gasteiger partial charge in [-0.15, -0.1) is 0 Å². The highest BCUT2D eigenvalue weighted by Gasteiger charge is 2.25. The number of nitrogens with one attached hydrogen (secondary N) is 1. The van der Waals surface area contributed by atoms with Gasteiger partial charge in [-0.1, -0.05) is 0 Å². The van der Waals surface area contributed by atoms with Crippen LogP contribution in [0.3, 0.4) is 0 Å². The van der Waals surface area contributed by atoms with Crippen molar-refractivity contribution in [1.82, 2.24) is 5.32 Å². The molecule has 1 aliphatic rings. The number of alkyl carbamates (subject to hydrolysis) is 1. The Labute approximate surface area is 97.0 Å². The van der Waals surface area contributed by atoms with Gasteiger partial charge in [-0.25, -0.2) is 4.79 Å². The zero-order valence-electron chi connectivity index (χ0n) is 10.2. The molecule has 0 spiro atoms. The molecular formula is C12H20N2O2. The van der Waals surface area contributed by atoms with Crippen molar-refractivity contribution < 1.29 is 9.53 Å². The molecule has 4 heteroatoms. The predicted octanol–water partition coefficient (Wildman–Crippen LogP) is 2.59. The molecule has 16 heavy (non-hydrogen) atoms. The summed E-state index contributed by atoms with van der Waals surface area (Å²) in [7, 11) is 0. The summed E-state index contributed by atoms with van der Waals surface area (Å²) in [4.78, 5) is 11.5. The molecule has 1 aliphatic carbocycles. The van der Waals surface area contributed by atoms with Crippen LogP contribution in [0.15, 0.2) is 0 Å². The van der Waals surface area contributed by atoms with Crippen molar-refractivity contribution in [3.8, 4) is 6.07 Å². The number of carbonyl (C=O) groups excluding carboxylic acids is 1. The third-order valence-electron chi connectivity index (χ3n) is 2.56. The molecule has 1 fully saturated rings. The van der Waals surface area contributed by atoms with E-state index in [1.807, 2.05) is 20.8 Å². The van der Waals surface area contributed by atoms with Gasteiger partial charge in [0.05, 0.1) is 6.07 Å². The molecule has 1 rings (SSSR count). The van der Waals surface area contributed by atoms with Crippen molar-refractivity contribution in [1.29, 1.82) is 5.26 Å². The Kier molecular flexibility index (Phi) is 4.17. The molecule has 1 N–H and O–H groups in total. The zero-order chi connectivity index (χ0) is 12.2. The molecular weight excluding hydrogens is 204 g/mol. The second kappa shape index (κ2) is 5.20. The number of nitrogens with zero attached hydrogens (tertiary/aromatic N) is 1. The highest BCUT2D eigenvalue weighted by molar-refractivity contribution is 5.68. The summed E-state index contributed by atoms with van der Waals surface area (Å²) in [5.74, 6) is 0.0428. The van der Waals surface area contributed by atoms with E-state index >= 15 is 0 Å². The molecule has 0 aromatic carbocycles. The van der Waals surface area contributed by atoms with Gasteiger partial charge in [0.25, 0.3) is 0 Å². The molecule has 0 aromatic heterocycles. The fourth-order valence-electron chi connectivity index (χ4n) is 1.86. The van der Waals surface area contributed by atoms with Gasteiger partial charge in [-0.05, 0) is 40.0 Å². The Hall–Kier alpha value is -1.24. The Morgan fingerprint density at radius 1 is 1.44 bits per heavy atom. The molecule has 2 unspecified atom stereocenters. The van der Waals surface area contributed by atoms with E-state index in [1.165, 1.54) is 0 Å². The molecule has 0 radical (unpaired) electrons. The predicted molar refractivity (Wildman–Crippen MR) is 60.7 cm³/mol. The molecule has 1 amide bonds. The van der Waals surface area contributed by atoms with Gasteiger partial charge in [-0.3, -0.25) is 0 Å². The molecule has 1 saturated carbocycles. The highest BCUT2D eigenvalue weighted by atomic mass is 16.6. The molecule has 0 bridgehead atoms. The van der Waals surface area contributed by atoms with Crippen LogP contribution < -0.4 is 5.32 Å². The van der Waals surface area contributed by atoms with E-state index in [0.29, 0.717) is 6.42 Å².